The van der Waals surface area contributed by atoms with Crippen LogP contribution in [0.4, 0.5) is 4.79 Å². The molecule has 0 fully saturated rings. The average molecular weight is 310 g/mol. The molecule has 7 nitrogen and oxygen atoms in total. The third-order valence-corrected chi connectivity index (χ3v) is 2.39. The number of hydrogen-bond donors (Lipinski definition) is 3. The summed E-state index contributed by atoms with van der Waals surface area (Å²) in [6.07, 6.45) is 4.39. The van der Waals surface area contributed by atoms with E-state index in [0.717, 1.165) is 0 Å². The SMILES string of the molecule is CC(C)(C)OC(=O)NC/C=C/CNCc1cc(C(=O)O)co1. The van der Waals surface area contributed by atoms with Gasteiger partial charge in [0, 0.05) is 13.1 Å². The number of nitrogens with one attached hydrogen (secondary N) is 2. The van der Waals surface area contributed by atoms with Gasteiger partial charge in [-0.25, -0.2) is 9.59 Å². The zero-order valence-corrected chi connectivity index (χ0v) is 13.0. The number of hydrogen-bond acceptors (Lipinski definition) is 5. The Labute approximate surface area is 129 Å². The molecule has 0 saturated heterocycles. The lowest BCUT2D eigenvalue weighted by Gasteiger charge is -2.19. The van der Waals surface area contributed by atoms with Crippen LogP contribution in [-0.2, 0) is 11.3 Å². The number of alkyl carbamates (subject to hydrolysis) is 1. The molecule has 1 aromatic heterocycles. The van der Waals surface area contributed by atoms with Gasteiger partial charge in [0.1, 0.15) is 17.6 Å². The highest BCUT2D eigenvalue weighted by Crippen LogP contribution is 2.07. The predicted octanol–water partition coefficient (Wildman–Crippen LogP) is 2.15. The maximum Gasteiger partial charge on any atom is 0.407 e. The van der Waals surface area contributed by atoms with E-state index in [0.29, 0.717) is 25.4 Å². The number of aromatic carboxylic acids is 1. The number of carboxylic acid groups (broad SMARTS) is 1. The van der Waals surface area contributed by atoms with Gasteiger partial charge in [-0.2, -0.15) is 0 Å². The number of carbonyl (C=O) groups excluding carboxylic acids is 1. The van der Waals surface area contributed by atoms with E-state index in [4.69, 9.17) is 14.3 Å². The molecule has 1 amide bonds. The van der Waals surface area contributed by atoms with Crippen LogP contribution in [0, 0.1) is 0 Å². The van der Waals surface area contributed by atoms with Crippen molar-refractivity contribution in [2.24, 2.45) is 0 Å². The van der Waals surface area contributed by atoms with Gasteiger partial charge in [0.15, 0.2) is 0 Å². The lowest BCUT2D eigenvalue weighted by molar-refractivity contribution is 0.0533. The molecule has 0 aliphatic heterocycles. The molecule has 0 spiro atoms. The second kappa shape index (κ2) is 8.23. The van der Waals surface area contributed by atoms with Gasteiger partial charge in [0.05, 0.1) is 12.1 Å². The summed E-state index contributed by atoms with van der Waals surface area (Å²) in [5, 5.41) is 14.4. The molecule has 1 rings (SSSR count). The van der Waals surface area contributed by atoms with Crippen LogP contribution in [0.5, 0.6) is 0 Å². The smallest absolute Gasteiger partial charge is 0.407 e. The summed E-state index contributed by atoms with van der Waals surface area (Å²) in [6, 6.07) is 1.48. The summed E-state index contributed by atoms with van der Waals surface area (Å²) in [7, 11) is 0. The van der Waals surface area contributed by atoms with Crippen molar-refractivity contribution >= 4 is 12.1 Å². The topological polar surface area (TPSA) is 101 Å². The molecule has 0 bridgehead atoms. The fourth-order valence-electron chi connectivity index (χ4n) is 1.49. The Morgan fingerprint density at radius 2 is 2.00 bits per heavy atom. The Hall–Kier alpha value is -2.28. The first kappa shape index (κ1) is 17.8. The number of carboxylic acids is 1. The number of rotatable bonds is 7. The molecule has 0 aliphatic rings. The van der Waals surface area contributed by atoms with Gasteiger partial charge < -0.3 is 24.9 Å². The molecule has 0 aromatic carbocycles. The summed E-state index contributed by atoms with van der Waals surface area (Å²) in [4.78, 5) is 22.0. The van der Waals surface area contributed by atoms with E-state index in [1.54, 1.807) is 26.8 Å². The van der Waals surface area contributed by atoms with Crippen LogP contribution >= 0.6 is 0 Å². The van der Waals surface area contributed by atoms with Crippen molar-refractivity contribution in [3.63, 3.8) is 0 Å². The second-order valence-corrected chi connectivity index (χ2v) is 5.59. The Morgan fingerprint density at radius 3 is 2.59 bits per heavy atom. The van der Waals surface area contributed by atoms with Gasteiger partial charge in [-0.1, -0.05) is 12.2 Å². The van der Waals surface area contributed by atoms with Crippen molar-refractivity contribution in [2.45, 2.75) is 32.9 Å². The number of ether oxygens (including phenoxy) is 1. The maximum absolute atomic E-state index is 11.3. The largest absolute Gasteiger partial charge is 0.478 e. The Bertz CT molecular complexity index is 528. The molecule has 1 aromatic rings. The van der Waals surface area contributed by atoms with Crippen LogP contribution in [0.3, 0.4) is 0 Å². The Morgan fingerprint density at radius 1 is 1.32 bits per heavy atom. The summed E-state index contributed by atoms with van der Waals surface area (Å²) in [5.41, 5.74) is -0.374. The molecular formula is C15H22N2O5. The zero-order valence-electron chi connectivity index (χ0n) is 13.0. The highest BCUT2D eigenvalue weighted by molar-refractivity contribution is 5.87. The lowest BCUT2D eigenvalue weighted by atomic mass is 10.2. The molecule has 0 aliphatic carbocycles. The van der Waals surface area contributed by atoms with Gasteiger partial charge in [0.2, 0.25) is 0 Å². The van der Waals surface area contributed by atoms with E-state index in [1.165, 1.54) is 12.3 Å². The van der Waals surface area contributed by atoms with Gasteiger partial charge >= 0.3 is 12.1 Å². The minimum Gasteiger partial charge on any atom is -0.478 e. The highest BCUT2D eigenvalue weighted by atomic mass is 16.6. The normalized spacial score (nSPS) is 11.6. The van der Waals surface area contributed by atoms with E-state index < -0.39 is 17.7 Å². The molecule has 0 saturated carbocycles. The van der Waals surface area contributed by atoms with E-state index in [9.17, 15) is 9.59 Å². The van der Waals surface area contributed by atoms with E-state index in [2.05, 4.69) is 10.6 Å². The first-order valence-corrected chi connectivity index (χ1v) is 6.91. The van der Waals surface area contributed by atoms with Gasteiger partial charge in [0.25, 0.3) is 0 Å². The molecule has 1 heterocycles. The Kier molecular flexibility index (Phi) is 6.65. The predicted molar refractivity (Wildman–Crippen MR) is 80.8 cm³/mol. The third-order valence-electron chi connectivity index (χ3n) is 2.39. The first-order chi connectivity index (χ1) is 10.3. The Balaban J connectivity index is 2.14. The number of carbonyl (C=O) groups is 2. The van der Waals surface area contributed by atoms with Crippen molar-refractivity contribution in [1.82, 2.24) is 10.6 Å². The third kappa shape index (κ3) is 7.49. The molecule has 22 heavy (non-hydrogen) atoms. The molecule has 0 radical (unpaired) electrons. The zero-order chi connectivity index (χ0) is 16.6. The monoisotopic (exact) mass is 310 g/mol. The summed E-state index contributed by atoms with van der Waals surface area (Å²) < 4.78 is 10.2. The van der Waals surface area contributed by atoms with Crippen LogP contribution in [0.15, 0.2) is 28.9 Å². The fourth-order valence-corrected chi connectivity index (χ4v) is 1.49. The lowest BCUT2D eigenvalue weighted by Crippen LogP contribution is -2.32. The van der Waals surface area contributed by atoms with Crippen LogP contribution in [0.25, 0.3) is 0 Å². The van der Waals surface area contributed by atoms with Gasteiger partial charge in [-0.05, 0) is 26.8 Å². The quantitative estimate of drug-likeness (QED) is 0.527. The van der Waals surface area contributed by atoms with Crippen LogP contribution < -0.4 is 10.6 Å². The van der Waals surface area contributed by atoms with E-state index in [-0.39, 0.29) is 5.56 Å². The van der Waals surface area contributed by atoms with Gasteiger partial charge in [-0.15, -0.1) is 0 Å². The van der Waals surface area contributed by atoms with Crippen molar-refractivity contribution in [3.05, 3.63) is 35.8 Å². The number of furan rings is 1. The number of amides is 1. The van der Waals surface area contributed by atoms with Crippen LogP contribution in [0.1, 0.15) is 36.9 Å². The average Bonchev–Trinajstić information content (AvgIpc) is 2.84. The molecule has 3 N–H and O–H groups in total. The summed E-state index contributed by atoms with van der Waals surface area (Å²) in [5.74, 6) is -0.458. The van der Waals surface area contributed by atoms with Crippen LogP contribution in [-0.4, -0.2) is 35.9 Å². The molecule has 0 unspecified atom stereocenters. The summed E-state index contributed by atoms with van der Waals surface area (Å²) >= 11 is 0. The first-order valence-electron chi connectivity index (χ1n) is 6.91. The molecular weight excluding hydrogens is 288 g/mol. The van der Waals surface area contributed by atoms with E-state index in [1.807, 2.05) is 6.08 Å². The maximum atomic E-state index is 11.3. The molecule has 122 valence electrons. The minimum absolute atomic E-state index is 0.133. The van der Waals surface area contributed by atoms with Crippen molar-refractivity contribution < 1.29 is 23.8 Å². The fraction of sp³-hybridized carbons (Fsp3) is 0.467. The van der Waals surface area contributed by atoms with E-state index >= 15 is 0 Å². The van der Waals surface area contributed by atoms with Crippen molar-refractivity contribution in [2.75, 3.05) is 13.1 Å². The van der Waals surface area contributed by atoms with Crippen molar-refractivity contribution in [1.29, 1.82) is 0 Å². The molecule has 7 heteroatoms. The molecule has 0 atom stereocenters. The van der Waals surface area contributed by atoms with Crippen LogP contribution in [0.2, 0.25) is 0 Å². The minimum atomic E-state index is -1.01. The van der Waals surface area contributed by atoms with Gasteiger partial charge in [-0.3, -0.25) is 0 Å². The second-order valence-electron chi connectivity index (χ2n) is 5.59. The summed E-state index contributed by atoms with van der Waals surface area (Å²) in [6.45, 7) is 6.78. The standard InChI is InChI=1S/C15H22N2O5/c1-15(2,3)22-14(20)17-7-5-4-6-16-9-12-8-11(10-21-12)13(18)19/h4-5,8,10,16H,6-7,9H2,1-3H3,(H,17,20)(H,18,19)/b5-4+. The van der Waals surface area contributed by atoms with Crippen molar-refractivity contribution in [3.8, 4) is 0 Å². The highest BCUT2D eigenvalue weighted by Gasteiger charge is 2.14.